The number of hydrogen-bond acceptors (Lipinski definition) is 3. The van der Waals surface area contributed by atoms with E-state index in [9.17, 15) is 15.8 Å². The van der Waals surface area contributed by atoms with E-state index in [0.29, 0.717) is 16.7 Å². The van der Waals surface area contributed by atoms with Gasteiger partial charge in [0.2, 0.25) is 0 Å². The Morgan fingerprint density at radius 1 is 0.380 bits per heavy atom. The second-order valence-electron chi connectivity index (χ2n) is 12.3. The minimum absolute atomic E-state index is 0.557. The first-order valence-electron chi connectivity index (χ1n) is 16.3. The minimum atomic E-state index is 0.557. The van der Waals surface area contributed by atoms with Gasteiger partial charge in [-0.1, -0.05) is 84.9 Å². The molecule has 0 bridgehead atoms. The van der Waals surface area contributed by atoms with Crippen LogP contribution in [0.5, 0.6) is 0 Å². The maximum atomic E-state index is 10.5. The van der Waals surface area contributed by atoms with Gasteiger partial charge in [-0.2, -0.15) is 15.8 Å². The second-order valence-corrected chi connectivity index (χ2v) is 12.3. The van der Waals surface area contributed by atoms with Gasteiger partial charge in [0.1, 0.15) is 0 Å². The summed E-state index contributed by atoms with van der Waals surface area (Å²) in [6.07, 6.45) is 0. The Balaban J connectivity index is 1.19. The van der Waals surface area contributed by atoms with Gasteiger partial charge in [0.25, 0.3) is 0 Å². The topological polar surface area (TPSA) is 81.2 Å². The zero-order valence-corrected chi connectivity index (χ0v) is 26.7. The van der Waals surface area contributed by atoms with Crippen molar-refractivity contribution in [3.63, 3.8) is 0 Å². The number of fused-ring (bicyclic) bond motifs is 6. The number of hydrogen-bond donors (Lipinski definition) is 0. The Bertz CT molecular complexity index is 2920. The van der Waals surface area contributed by atoms with Crippen LogP contribution in [0.1, 0.15) is 16.7 Å². The molecule has 0 saturated heterocycles. The fraction of sp³-hybridized carbons (Fsp3) is 0. The van der Waals surface area contributed by atoms with Gasteiger partial charge in [-0.15, -0.1) is 0 Å². The summed E-state index contributed by atoms with van der Waals surface area (Å²) < 4.78 is 4.44. The minimum Gasteiger partial charge on any atom is -0.309 e. The van der Waals surface area contributed by atoms with Crippen LogP contribution in [0.4, 0.5) is 0 Å². The number of benzene rings is 7. The van der Waals surface area contributed by atoms with E-state index in [2.05, 4.69) is 106 Å². The summed E-state index contributed by atoms with van der Waals surface area (Å²) in [6, 6.07) is 57.8. The molecule has 0 aliphatic heterocycles. The summed E-state index contributed by atoms with van der Waals surface area (Å²) in [7, 11) is 0. The Labute approximate surface area is 287 Å². The highest BCUT2D eigenvalue weighted by Crippen LogP contribution is 2.39. The summed E-state index contributed by atoms with van der Waals surface area (Å²) in [5, 5.41) is 34.1. The average molecular weight is 636 g/mol. The van der Waals surface area contributed by atoms with Crippen LogP contribution in [-0.4, -0.2) is 9.13 Å². The Kier molecular flexibility index (Phi) is 6.56. The van der Waals surface area contributed by atoms with E-state index < -0.39 is 0 Å². The first-order chi connectivity index (χ1) is 24.7. The molecule has 0 fully saturated rings. The van der Waals surface area contributed by atoms with Crippen LogP contribution in [0.25, 0.3) is 77.2 Å². The van der Waals surface area contributed by atoms with Gasteiger partial charge in [0.15, 0.2) is 0 Å². The van der Waals surface area contributed by atoms with Gasteiger partial charge in [0.05, 0.1) is 62.7 Å². The first kappa shape index (κ1) is 28.8. The monoisotopic (exact) mass is 635 g/mol. The van der Waals surface area contributed by atoms with Crippen LogP contribution in [0.2, 0.25) is 0 Å². The smallest absolute Gasteiger partial charge is 0.0998 e. The molecule has 0 aliphatic rings. The number of nitrogens with zero attached hydrogens (tertiary/aromatic N) is 5. The summed E-state index contributed by atoms with van der Waals surface area (Å²) >= 11 is 0. The van der Waals surface area contributed by atoms with Crippen LogP contribution in [0.15, 0.2) is 152 Å². The lowest BCUT2D eigenvalue weighted by atomic mass is 9.94. The van der Waals surface area contributed by atoms with Crippen molar-refractivity contribution in [2.75, 3.05) is 0 Å². The summed E-state index contributed by atoms with van der Waals surface area (Å²) in [5.74, 6) is 0. The molecular formula is C45H25N5. The Morgan fingerprint density at radius 3 is 1.78 bits per heavy atom. The lowest BCUT2D eigenvalue weighted by Gasteiger charge is -2.15. The SMILES string of the molecule is N#Cc1ccc2c(c1)c1ccc(C#N)cc1n2-c1cccc(-c2ccc(-c3ccccc3-n3c4ccccc4c4ccccc43)cc2C#N)c1. The molecule has 0 aliphatic carbocycles. The predicted molar refractivity (Wildman–Crippen MR) is 200 cm³/mol. The molecule has 50 heavy (non-hydrogen) atoms. The highest BCUT2D eigenvalue weighted by Gasteiger charge is 2.18. The van der Waals surface area contributed by atoms with E-state index >= 15 is 0 Å². The van der Waals surface area contributed by atoms with Gasteiger partial charge in [-0.05, 0) is 83.4 Å². The zero-order chi connectivity index (χ0) is 33.8. The van der Waals surface area contributed by atoms with Crippen molar-refractivity contribution in [1.82, 2.24) is 9.13 Å². The van der Waals surface area contributed by atoms with E-state index in [0.717, 1.165) is 66.5 Å². The van der Waals surface area contributed by atoms with Crippen LogP contribution >= 0.6 is 0 Å². The number of nitriles is 3. The van der Waals surface area contributed by atoms with Gasteiger partial charge in [-0.3, -0.25) is 0 Å². The van der Waals surface area contributed by atoms with E-state index in [4.69, 9.17) is 0 Å². The standard InChI is InChI=1S/C45H25N5/c46-26-29-17-21-44-40(22-29)39-19-16-30(27-47)23-45(39)49(44)34-9-7-8-31(25-34)35-20-18-32(24-33(35)28-48)36-10-1-4-13-41(36)50-42-14-5-2-11-37(42)38-12-3-6-15-43(38)50/h1-25H. The summed E-state index contributed by atoms with van der Waals surface area (Å²) in [5.41, 5.74) is 11.4. The van der Waals surface area contributed by atoms with Crippen LogP contribution in [0, 0.1) is 34.0 Å². The third-order valence-corrected chi connectivity index (χ3v) is 9.62. The van der Waals surface area contributed by atoms with Gasteiger partial charge in [-0.25, -0.2) is 0 Å². The fourth-order valence-corrected chi connectivity index (χ4v) is 7.40. The molecule has 2 heterocycles. The van der Waals surface area contributed by atoms with Crippen molar-refractivity contribution in [3.8, 4) is 51.8 Å². The quantitative estimate of drug-likeness (QED) is 0.193. The zero-order valence-electron chi connectivity index (χ0n) is 26.7. The number of para-hydroxylation sites is 3. The van der Waals surface area contributed by atoms with Crippen molar-refractivity contribution in [2.45, 2.75) is 0 Å². The van der Waals surface area contributed by atoms with Crippen LogP contribution in [0.3, 0.4) is 0 Å². The highest BCUT2D eigenvalue weighted by molar-refractivity contribution is 6.11. The Hall–Kier alpha value is -7.39. The lowest BCUT2D eigenvalue weighted by molar-refractivity contribution is 1.18. The third kappa shape index (κ3) is 4.38. The highest BCUT2D eigenvalue weighted by atomic mass is 15.0. The Morgan fingerprint density at radius 2 is 1.02 bits per heavy atom. The predicted octanol–water partition coefficient (Wildman–Crippen LogP) is 10.8. The molecule has 0 radical (unpaired) electrons. The molecule has 0 saturated carbocycles. The van der Waals surface area contributed by atoms with Crippen molar-refractivity contribution in [3.05, 3.63) is 168 Å². The summed E-state index contributed by atoms with van der Waals surface area (Å²) in [4.78, 5) is 0. The number of rotatable bonds is 4. The molecule has 5 nitrogen and oxygen atoms in total. The van der Waals surface area contributed by atoms with Crippen molar-refractivity contribution < 1.29 is 0 Å². The molecule has 2 aromatic heterocycles. The third-order valence-electron chi connectivity index (χ3n) is 9.62. The maximum absolute atomic E-state index is 10.5. The van der Waals surface area contributed by atoms with E-state index in [-0.39, 0.29) is 0 Å². The number of aromatic nitrogens is 2. The normalized spacial score (nSPS) is 11.1. The fourth-order valence-electron chi connectivity index (χ4n) is 7.40. The van der Waals surface area contributed by atoms with Crippen LogP contribution in [-0.2, 0) is 0 Å². The molecule has 0 unspecified atom stereocenters. The first-order valence-corrected chi connectivity index (χ1v) is 16.3. The maximum Gasteiger partial charge on any atom is 0.0998 e. The molecule has 0 N–H and O–H groups in total. The molecule has 0 spiro atoms. The molecule has 9 rings (SSSR count). The molecule has 230 valence electrons. The second kappa shape index (κ2) is 11.4. The van der Waals surface area contributed by atoms with Gasteiger partial charge < -0.3 is 9.13 Å². The van der Waals surface area contributed by atoms with E-state index in [1.807, 2.05) is 72.8 Å². The van der Waals surface area contributed by atoms with Gasteiger partial charge >= 0.3 is 0 Å². The molecule has 7 aromatic carbocycles. The van der Waals surface area contributed by atoms with Crippen molar-refractivity contribution in [2.24, 2.45) is 0 Å². The molecule has 5 heteroatoms. The lowest BCUT2D eigenvalue weighted by Crippen LogP contribution is -1.98. The van der Waals surface area contributed by atoms with E-state index in [1.165, 1.54) is 10.8 Å². The average Bonchev–Trinajstić information content (AvgIpc) is 3.69. The largest absolute Gasteiger partial charge is 0.309 e. The molecular weight excluding hydrogens is 611 g/mol. The van der Waals surface area contributed by atoms with Gasteiger partial charge in [0, 0.05) is 32.8 Å². The molecule has 0 amide bonds. The van der Waals surface area contributed by atoms with Crippen molar-refractivity contribution >= 4 is 43.6 Å². The van der Waals surface area contributed by atoms with E-state index in [1.54, 1.807) is 0 Å². The molecule has 9 aromatic rings. The summed E-state index contributed by atoms with van der Waals surface area (Å²) in [6.45, 7) is 0. The van der Waals surface area contributed by atoms with Crippen LogP contribution < -0.4 is 0 Å². The van der Waals surface area contributed by atoms with Crippen molar-refractivity contribution in [1.29, 1.82) is 15.8 Å². The molecule has 0 atom stereocenters.